The predicted octanol–water partition coefficient (Wildman–Crippen LogP) is 6.22. The Labute approximate surface area is 221 Å². The summed E-state index contributed by atoms with van der Waals surface area (Å²) in [6.45, 7) is 4.47. The molecule has 1 N–H and O–H groups in total. The maximum atomic E-state index is 13.5. The molecule has 37 heavy (non-hydrogen) atoms. The van der Waals surface area contributed by atoms with Crippen molar-refractivity contribution in [2.24, 2.45) is 29.1 Å². The molecule has 4 aliphatic rings. The van der Waals surface area contributed by atoms with Gasteiger partial charge in [-0.15, -0.1) is 0 Å². The van der Waals surface area contributed by atoms with Crippen molar-refractivity contribution in [2.45, 2.75) is 51.5 Å². The summed E-state index contributed by atoms with van der Waals surface area (Å²) in [7, 11) is 0. The third kappa shape index (κ3) is 3.87. The van der Waals surface area contributed by atoms with E-state index in [1.54, 1.807) is 12.3 Å². The molecule has 1 spiro atoms. The zero-order chi connectivity index (χ0) is 25.5. The molecule has 1 saturated heterocycles. The summed E-state index contributed by atoms with van der Waals surface area (Å²) in [5.74, 6) is 1.36. The molecule has 3 aliphatic carbocycles. The van der Waals surface area contributed by atoms with Gasteiger partial charge >= 0.3 is 5.97 Å². The number of carboxylic acid groups (broad SMARTS) is 1. The van der Waals surface area contributed by atoms with E-state index in [2.05, 4.69) is 41.2 Å². The van der Waals surface area contributed by atoms with Crippen LogP contribution in [0.15, 0.2) is 42.6 Å². The summed E-state index contributed by atoms with van der Waals surface area (Å²) >= 11 is 6.54. The Morgan fingerprint density at radius 1 is 1.08 bits per heavy atom. The first-order chi connectivity index (χ1) is 17.8. The fourth-order valence-electron chi connectivity index (χ4n) is 7.54. The molecule has 0 bridgehead atoms. The number of Topliss-reactive ketones (excluding diaryl/α,β-unsaturated/α-hetero) is 1. The first-order valence-electron chi connectivity index (χ1n) is 13.6. The van der Waals surface area contributed by atoms with Gasteiger partial charge in [0.2, 0.25) is 0 Å². The van der Waals surface area contributed by atoms with E-state index in [9.17, 15) is 14.7 Å². The highest BCUT2D eigenvalue weighted by Gasteiger charge is 2.55. The Bertz CT molecular complexity index is 1390. The molecule has 1 aromatic heterocycles. The average molecular weight is 518 g/mol. The number of aromatic nitrogens is 2. The van der Waals surface area contributed by atoms with E-state index >= 15 is 0 Å². The monoisotopic (exact) mass is 517 g/mol. The van der Waals surface area contributed by atoms with E-state index in [0.717, 1.165) is 54.0 Å². The molecule has 6 nitrogen and oxygen atoms in total. The summed E-state index contributed by atoms with van der Waals surface area (Å²) in [5.41, 5.74) is 4.08. The molecule has 2 heterocycles. The van der Waals surface area contributed by atoms with Gasteiger partial charge < -0.3 is 10.0 Å². The lowest BCUT2D eigenvalue weighted by molar-refractivity contribution is -0.157. The summed E-state index contributed by atoms with van der Waals surface area (Å²) in [5, 5.41) is 15.3. The maximum absolute atomic E-state index is 13.5. The Balaban J connectivity index is 1.10. The average Bonchev–Trinajstić information content (AvgIpc) is 3.23. The molecule has 7 rings (SSSR count). The van der Waals surface area contributed by atoms with Gasteiger partial charge in [0.05, 0.1) is 28.7 Å². The summed E-state index contributed by atoms with van der Waals surface area (Å²) in [6.07, 6.45) is 7.10. The van der Waals surface area contributed by atoms with Crippen molar-refractivity contribution in [1.29, 1.82) is 0 Å². The number of halogens is 1. The molecule has 0 radical (unpaired) electrons. The van der Waals surface area contributed by atoms with Crippen LogP contribution in [0.5, 0.6) is 0 Å². The van der Waals surface area contributed by atoms with Crippen LogP contribution in [-0.2, 0) is 4.79 Å². The lowest BCUT2D eigenvalue weighted by atomic mass is 9.47. The lowest BCUT2D eigenvalue weighted by Crippen LogP contribution is -2.50. The van der Waals surface area contributed by atoms with E-state index in [-0.39, 0.29) is 23.2 Å². The molecule has 3 aromatic rings. The number of carbonyl (C=O) groups is 2. The lowest BCUT2D eigenvalue weighted by Gasteiger charge is -2.56. The number of anilines is 1. The molecule has 3 atom stereocenters. The van der Waals surface area contributed by atoms with Crippen LogP contribution >= 0.6 is 11.6 Å². The van der Waals surface area contributed by atoms with Crippen LogP contribution in [0.3, 0.4) is 0 Å². The van der Waals surface area contributed by atoms with Crippen LogP contribution < -0.4 is 4.90 Å². The number of benzene rings is 2. The number of carboxylic acids is 1. The van der Waals surface area contributed by atoms with Crippen molar-refractivity contribution in [1.82, 2.24) is 9.78 Å². The summed E-state index contributed by atoms with van der Waals surface area (Å²) in [6, 6.07) is 12.4. The van der Waals surface area contributed by atoms with Gasteiger partial charge in [-0.05, 0) is 92.0 Å². The third-order valence-corrected chi connectivity index (χ3v) is 10.0. The number of rotatable bonds is 7. The Hall–Kier alpha value is -2.86. The van der Waals surface area contributed by atoms with E-state index < -0.39 is 5.97 Å². The molecule has 0 amide bonds. The van der Waals surface area contributed by atoms with Crippen LogP contribution in [0.1, 0.15) is 67.4 Å². The second-order valence-electron chi connectivity index (χ2n) is 12.2. The van der Waals surface area contributed by atoms with E-state index in [4.69, 9.17) is 11.6 Å². The molecular formula is C30H32ClN3O3. The Morgan fingerprint density at radius 3 is 2.46 bits per heavy atom. The Morgan fingerprint density at radius 2 is 1.78 bits per heavy atom. The number of hydrogen-bond acceptors (Lipinski definition) is 4. The molecule has 192 valence electrons. The molecule has 3 saturated carbocycles. The van der Waals surface area contributed by atoms with Crippen LogP contribution in [-0.4, -0.2) is 39.7 Å². The number of nitrogens with zero attached hydrogens (tertiary/aromatic N) is 3. The SMILES string of the molecule is CC(c1ccc(N2C[C@H]3C[C@H]3C2)cc1)n1ncc2c(Cl)ccc(C(=O)CC3CC4(C3)CC(C(=O)O)C4)c21. The van der Waals surface area contributed by atoms with Crippen molar-refractivity contribution in [3.63, 3.8) is 0 Å². The topological polar surface area (TPSA) is 75.4 Å². The van der Waals surface area contributed by atoms with Gasteiger partial charge in [0.1, 0.15) is 0 Å². The van der Waals surface area contributed by atoms with Gasteiger partial charge in [0.25, 0.3) is 0 Å². The molecule has 7 heteroatoms. The first-order valence-corrected chi connectivity index (χ1v) is 13.9. The Kier molecular flexibility index (Phi) is 5.23. The first kappa shape index (κ1) is 23.3. The highest BCUT2D eigenvalue weighted by atomic mass is 35.5. The smallest absolute Gasteiger partial charge is 0.306 e. The fourth-order valence-corrected chi connectivity index (χ4v) is 7.74. The number of fused-ring (bicyclic) bond motifs is 2. The van der Waals surface area contributed by atoms with Crippen LogP contribution in [0.2, 0.25) is 5.02 Å². The van der Waals surface area contributed by atoms with E-state index in [1.165, 1.54) is 25.2 Å². The van der Waals surface area contributed by atoms with E-state index in [0.29, 0.717) is 22.9 Å². The largest absolute Gasteiger partial charge is 0.481 e. The number of ketones is 1. The second kappa shape index (κ2) is 8.32. The van der Waals surface area contributed by atoms with Crippen molar-refractivity contribution < 1.29 is 14.7 Å². The van der Waals surface area contributed by atoms with Crippen LogP contribution in [0.4, 0.5) is 5.69 Å². The van der Waals surface area contributed by atoms with Gasteiger partial charge in [0.15, 0.2) is 5.78 Å². The van der Waals surface area contributed by atoms with Crippen molar-refractivity contribution in [3.05, 3.63) is 58.7 Å². The second-order valence-corrected chi connectivity index (χ2v) is 12.6. The maximum Gasteiger partial charge on any atom is 0.306 e. The number of carbonyl (C=O) groups excluding carboxylic acids is 1. The predicted molar refractivity (Wildman–Crippen MR) is 143 cm³/mol. The highest BCUT2D eigenvalue weighted by Crippen LogP contribution is 2.62. The normalized spacial score (nSPS) is 30.6. The van der Waals surface area contributed by atoms with Crippen LogP contribution in [0.25, 0.3) is 10.9 Å². The molecule has 1 unspecified atom stereocenters. The molecule has 2 aromatic carbocycles. The highest BCUT2D eigenvalue weighted by molar-refractivity contribution is 6.36. The molecule has 4 fully saturated rings. The third-order valence-electron chi connectivity index (χ3n) is 9.72. The number of hydrogen-bond donors (Lipinski definition) is 1. The fraction of sp³-hybridized carbons (Fsp3) is 0.500. The van der Waals surface area contributed by atoms with E-state index in [1.807, 2.05) is 10.7 Å². The van der Waals surface area contributed by atoms with Crippen LogP contribution in [0, 0.1) is 29.1 Å². The van der Waals surface area contributed by atoms with Gasteiger partial charge in [-0.2, -0.15) is 5.10 Å². The zero-order valence-corrected chi connectivity index (χ0v) is 21.8. The van der Waals surface area contributed by atoms with Crippen molar-refractivity contribution in [2.75, 3.05) is 18.0 Å². The van der Waals surface area contributed by atoms with Gasteiger partial charge in [-0.1, -0.05) is 23.7 Å². The zero-order valence-electron chi connectivity index (χ0n) is 21.1. The number of piperidine rings is 1. The summed E-state index contributed by atoms with van der Waals surface area (Å²) < 4.78 is 1.94. The van der Waals surface area contributed by atoms with Crippen molar-refractivity contribution >= 4 is 39.9 Å². The molecular weight excluding hydrogens is 486 g/mol. The van der Waals surface area contributed by atoms with Gasteiger partial charge in [-0.25, -0.2) is 0 Å². The van der Waals surface area contributed by atoms with Gasteiger partial charge in [-0.3, -0.25) is 14.3 Å². The minimum Gasteiger partial charge on any atom is -0.481 e. The molecule has 1 aliphatic heterocycles. The number of aliphatic carboxylic acids is 1. The minimum atomic E-state index is -0.682. The standard InChI is InChI=1S/C30H32ClN3O3/c1-17(19-2-4-23(5-3-19)33-15-20-9-21(20)16-33)34-28-24(6-7-26(31)25(28)14-32-34)27(35)8-18-10-30(11-18)12-22(13-30)29(36)37/h2-7,14,17-18,20-22H,8-13,15-16H2,1H3,(H,36,37)/t17?,18?,20-,21+,22?,30?. The quantitative estimate of drug-likeness (QED) is 0.376. The van der Waals surface area contributed by atoms with Gasteiger partial charge in [0, 0.05) is 36.1 Å². The van der Waals surface area contributed by atoms with Crippen molar-refractivity contribution in [3.8, 4) is 0 Å². The summed E-state index contributed by atoms with van der Waals surface area (Å²) in [4.78, 5) is 27.2. The minimum absolute atomic E-state index is 0.0431.